The molecule has 0 fully saturated rings. The molecule has 6 N–H and O–H groups in total. The van der Waals surface area contributed by atoms with Gasteiger partial charge in [0, 0.05) is 11.6 Å². The molecule has 1 aliphatic carbocycles. The Morgan fingerprint density at radius 2 is 1.36 bits per heavy atom. The van der Waals surface area contributed by atoms with Gasteiger partial charge in [0.15, 0.2) is 0 Å². The Labute approximate surface area is 272 Å². The van der Waals surface area contributed by atoms with Crippen molar-refractivity contribution >= 4 is 39.6 Å². The molecule has 250 valence electrons. The van der Waals surface area contributed by atoms with Crippen molar-refractivity contribution in [1.29, 1.82) is 0 Å². The fourth-order valence-electron chi connectivity index (χ4n) is 5.28. The zero-order chi connectivity index (χ0) is 34.3. The highest BCUT2D eigenvalue weighted by Gasteiger charge is 2.34. The quantitative estimate of drug-likeness (QED) is 0.148. The zero-order valence-corrected chi connectivity index (χ0v) is 26.9. The van der Waals surface area contributed by atoms with Crippen molar-refractivity contribution < 1.29 is 42.0 Å². The molecular formula is C33H38N4O9S. The molecule has 14 heteroatoms. The fraction of sp³-hybridized carbons (Fsp3) is 0.333. The first-order valence-electron chi connectivity index (χ1n) is 15.0. The standard InChI is InChI=1S/C33H38N4O9S/c1-19(2)29(32(41)34-20(3)30(39)35-22-14-12-21(16-38)13-15-22)37-31(40)28(18-47(43,44)45)36-33(42)46-17-27-25-10-6-4-8-23(25)24-9-5-7-11-26(24)27/h4-15,19-20,27-29,38H,16-18H2,1-3H3,(H,34,41)(H,35,39)(H,36,42)(H,37,40)(H,43,44,45). The minimum atomic E-state index is -4.76. The maximum atomic E-state index is 13.2. The van der Waals surface area contributed by atoms with Crippen LogP contribution in [0.4, 0.5) is 10.5 Å². The number of rotatable bonds is 13. The van der Waals surface area contributed by atoms with Crippen LogP contribution in [0, 0.1) is 5.92 Å². The number of nitrogens with one attached hydrogen (secondary N) is 4. The third kappa shape index (κ3) is 9.15. The van der Waals surface area contributed by atoms with Gasteiger partial charge in [-0.05, 0) is 52.8 Å². The largest absolute Gasteiger partial charge is 0.449 e. The van der Waals surface area contributed by atoms with Crippen LogP contribution >= 0.6 is 0 Å². The summed E-state index contributed by atoms with van der Waals surface area (Å²) in [5, 5.41) is 19.0. The van der Waals surface area contributed by atoms with Gasteiger partial charge < -0.3 is 31.1 Å². The summed E-state index contributed by atoms with van der Waals surface area (Å²) in [7, 11) is -4.76. The summed E-state index contributed by atoms with van der Waals surface area (Å²) in [6.07, 6.45) is -1.10. The number of amides is 4. The van der Waals surface area contributed by atoms with Crippen LogP contribution in [0.25, 0.3) is 11.1 Å². The number of carbonyl (C=O) groups is 4. The predicted octanol–water partition coefficient (Wildman–Crippen LogP) is 2.56. The first kappa shape index (κ1) is 35.1. The molecule has 0 spiro atoms. The SMILES string of the molecule is CC(NC(=O)C(NC(=O)C(CS(=O)(=O)O)NC(=O)OCC1c2ccccc2-c2ccccc21)C(C)C)C(=O)Nc1ccc(CO)cc1. The van der Waals surface area contributed by atoms with Gasteiger partial charge in [-0.2, -0.15) is 8.42 Å². The first-order chi connectivity index (χ1) is 22.3. The number of benzene rings is 3. The molecule has 0 saturated heterocycles. The van der Waals surface area contributed by atoms with E-state index >= 15 is 0 Å². The van der Waals surface area contributed by atoms with E-state index in [4.69, 9.17) is 4.74 Å². The number of anilines is 1. The summed E-state index contributed by atoms with van der Waals surface area (Å²) in [4.78, 5) is 51.9. The summed E-state index contributed by atoms with van der Waals surface area (Å²) in [5.41, 5.74) is 4.99. The highest BCUT2D eigenvalue weighted by molar-refractivity contribution is 7.85. The lowest BCUT2D eigenvalue weighted by molar-refractivity contribution is -0.132. The molecule has 0 bridgehead atoms. The smallest absolute Gasteiger partial charge is 0.407 e. The van der Waals surface area contributed by atoms with Crippen molar-refractivity contribution in [3.63, 3.8) is 0 Å². The van der Waals surface area contributed by atoms with Gasteiger partial charge in [-0.1, -0.05) is 74.5 Å². The Bertz CT molecular complexity index is 1680. The van der Waals surface area contributed by atoms with Crippen LogP contribution < -0.4 is 21.3 Å². The van der Waals surface area contributed by atoms with Crippen molar-refractivity contribution in [2.75, 3.05) is 17.7 Å². The lowest BCUT2D eigenvalue weighted by Gasteiger charge is -2.26. The van der Waals surface area contributed by atoms with E-state index in [0.29, 0.717) is 11.3 Å². The average molecular weight is 667 g/mol. The van der Waals surface area contributed by atoms with Crippen molar-refractivity contribution in [2.45, 2.75) is 51.4 Å². The summed E-state index contributed by atoms with van der Waals surface area (Å²) in [6, 6.07) is 17.7. The molecule has 3 atom stereocenters. The number of aliphatic hydroxyl groups excluding tert-OH is 1. The molecule has 4 rings (SSSR count). The van der Waals surface area contributed by atoms with Crippen LogP contribution in [-0.4, -0.2) is 72.4 Å². The van der Waals surface area contributed by atoms with Crippen molar-refractivity contribution in [3.8, 4) is 11.1 Å². The Morgan fingerprint density at radius 1 is 0.787 bits per heavy atom. The van der Waals surface area contributed by atoms with Gasteiger partial charge >= 0.3 is 6.09 Å². The van der Waals surface area contributed by atoms with Crippen molar-refractivity contribution in [3.05, 3.63) is 89.5 Å². The van der Waals surface area contributed by atoms with E-state index in [1.54, 1.807) is 38.1 Å². The lowest BCUT2D eigenvalue weighted by atomic mass is 9.98. The number of carbonyl (C=O) groups excluding carboxylic acids is 4. The molecule has 0 radical (unpaired) electrons. The van der Waals surface area contributed by atoms with E-state index in [0.717, 1.165) is 22.3 Å². The summed E-state index contributed by atoms with van der Waals surface area (Å²) in [6.45, 7) is 4.41. The van der Waals surface area contributed by atoms with Gasteiger partial charge in [-0.15, -0.1) is 0 Å². The van der Waals surface area contributed by atoms with E-state index < -0.39 is 63.7 Å². The number of aliphatic hydroxyl groups is 1. The first-order valence-corrected chi connectivity index (χ1v) is 16.6. The average Bonchev–Trinajstić information content (AvgIpc) is 3.35. The van der Waals surface area contributed by atoms with E-state index in [-0.39, 0.29) is 19.1 Å². The van der Waals surface area contributed by atoms with E-state index in [1.165, 1.54) is 6.92 Å². The summed E-state index contributed by atoms with van der Waals surface area (Å²) >= 11 is 0. The van der Waals surface area contributed by atoms with Crippen LogP contribution in [0.5, 0.6) is 0 Å². The third-order valence-corrected chi connectivity index (χ3v) is 8.49. The molecule has 3 aromatic rings. The van der Waals surface area contributed by atoms with Crippen LogP contribution in [-0.2, 0) is 35.8 Å². The van der Waals surface area contributed by atoms with Crippen molar-refractivity contribution in [2.24, 2.45) is 5.92 Å². The summed E-state index contributed by atoms with van der Waals surface area (Å²) in [5.74, 6) is -4.35. The van der Waals surface area contributed by atoms with Gasteiger partial charge in [-0.25, -0.2) is 4.79 Å². The molecule has 1 aliphatic rings. The maximum Gasteiger partial charge on any atom is 0.407 e. The minimum absolute atomic E-state index is 0.109. The molecule has 3 unspecified atom stereocenters. The number of ether oxygens (including phenoxy) is 1. The number of alkyl carbamates (subject to hydrolysis) is 1. The molecule has 3 aromatic carbocycles. The van der Waals surface area contributed by atoms with Gasteiger partial charge in [0.05, 0.1) is 6.61 Å². The molecule has 0 aromatic heterocycles. The fourth-order valence-corrected chi connectivity index (χ4v) is 5.93. The molecule has 13 nitrogen and oxygen atoms in total. The minimum Gasteiger partial charge on any atom is -0.449 e. The highest BCUT2D eigenvalue weighted by Crippen LogP contribution is 2.44. The number of fused-ring (bicyclic) bond motifs is 3. The van der Waals surface area contributed by atoms with Crippen molar-refractivity contribution in [1.82, 2.24) is 16.0 Å². The molecular weight excluding hydrogens is 628 g/mol. The number of hydrogen-bond acceptors (Lipinski definition) is 8. The van der Waals surface area contributed by atoms with Crippen LogP contribution in [0.15, 0.2) is 72.8 Å². The van der Waals surface area contributed by atoms with Crippen LogP contribution in [0.3, 0.4) is 0 Å². The van der Waals surface area contributed by atoms with Gasteiger partial charge in [-0.3, -0.25) is 18.9 Å². The topological polar surface area (TPSA) is 200 Å². The van der Waals surface area contributed by atoms with Crippen LogP contribution in [0.1, 0.15) is 43.4 Å². The third-order valence-electron chi connectivity index (χ3n) is 7.73. The second-order valence-corrected chi connectivity index (χ2v) is 13.1. The van der Waals surface area contributed by atoms with Gasteiger partial charge in [0.2, 0.25) is 17.7 Å². The van der Waals surface area contributed by atoms with E-state index in [1.807, 2.05) is 48.5 Å². The Kier molecular flexibility index (Phi) is 11.3. The number of hydrogen-bond donors (Lipinski definition) is 6. The van der Waals surface area contributed by atoms with Gasteiger partial charge in [0.25, 0.3) is 10.1 Å². The van der Waals surface area contributed by atoms with E-state index in [2.05, 4.69) is 21.3 Å². The lowest BCUT2D eigenvalue weighted by Crippen LogP contribution is -2.58. The maximum absolute atomic E-state index is 13.2. The Balaban J connectivity index is 1.39. The van der Waals surface area contributed by atoms with Crippen LogP contribution in [0.2, 0.25) is 0 Å². The second kappa shape index (κ2) is 15.2. The molecule has 47 heavy (non-hydrogen) atoms. The zero-order valence-electron chi connectivity index (χ0n) is 26.1. The normalized spacial score (nSPS) is 14.3. The predicted molar refractivity (Wildman–Crippen MR) is 174 cm³/mol. The van der Waals surface area contributed by atoms with Gasteiger partial charge in [0.1, 0.15) is 30.5 Å². The molecule has 0 saturated carbocycles. The Hall–Kier alpha value is -4.79. The molecule has 0 aliphatic heterocycles. The highest BCUT2D eigenvalue weighted by atomic mass is 32.2. The second-order valence-electron chi connectivity index (χ2n) is 11.6. The monoisotopic (exact) mass is 666 g/mol. The summed E-state index contributed by atoms with van der Waals surface area (Å²) < 4.78 is 38.5. The molecule has 4 amide bonds. The molecule has 0 heterocycles. The Morgan fingerprint density at radius 3 is 1.89 bits per heavy atom. The van der Waals surface area contributed by atoms with E-state index in [9.17, 15) is 37.3 Å².